The van der Waals surface area contributed by atoms with Crippen molar-refractivity contribution in [3.05, 3.63) is 0 Å². The van der Waals surface area contributed by atoms with Gasteiger partial charge in [-0.1, -0.05) is 0 Å². The van der Waals surface area contributed by atoms with Gasteiger partial charge in [-0.3, -0.25) is 0 Å². The minimum Gasteiger partial charge on any atom is -1.00 e. The van der Waals surface area contributed by atoms with Crippen LogP contribution in [0.25, 0.3) is 0 Å². The van der Waals surface area contributed by atoms with Crippen molar-refractivity contribution in [2.45, 2.75) is 24.3 Å². The molecule has 0 aromatic heterocycles. The Labute approximate surface area is 112 Å². The first-order valence-electron chi connectivity index (χ1n) is 5.21. The number of nitrogens with zero attached hydrogens (tertiary/aromatic N) is 1. The molecule has 3 nitrogen and oxygen atoms in total. The van der Waals surface area contributed by atoms with Gasteiger partial charge >= 0.3 is 0 Å². The molecule has 2 aliphatic rings. The van der Waals surface area contributed by atoms with Gasteiger partial charge in [0.15, 0.2) is 9.84 Å². The van der Waals surface area contributed by atoms with E-state index in [0.29, 0.717) is 22.0 Å². The van der Waals surface area contributed by atoms with E-state index < -0.39 is 9.84 Å². The van der Waals surface area contributed by atoms with E-state index in [9.17, 15) is 8.42 Å². The van der Waals surface area contributed by atoms with E-state index in [1.165, 1.54) is 4.38 Å². The third kappa shape index (κ3) is 2.89. The predicted octanol–water partition coefficient (Wildman–Crippen LogP) is -1.96. The van der Waals surface area contributed by atoms with Gasteiger partial charge in [0, 0.05) is 10.5 Å². The van der Waals surface area contributed by atoms with Crippen LogP contribution in [0.1, 0.15) is 13.8 Å². The lowest BCUT2D eigenvalue weighted by Gasteiger charge is -2.01. The molecule has 0 unspecified atom stereocenters. The van der Waals surface area contributed by atoms with E-state index in [2.05, 4.69) is 18.4 Å². The highest BCUT2D eigenvalue weighted by Crippen LogP contribution is 2.44. The minimum absolute atomic E-state index is 0. The topological polar surface area (TPSA) is 37.1 Å². The second kappa shape index (κ2) is 5.50. The number of rotatable bonds is 2. The Bertz CT molecular complexity index is 366. The van der Waals surface area contributed by atoms with Crippen LogP contribution < -0.4 is 12.4 Å². The second-order valence-electron chi connectivity index (χ2n) is 3.83. The monoisotopic (exact) mass is 301 g/mol. The molecule has 2 rings (SSSR count). The molecular weight excluding hydrogens is 286 g/mol. The molecule has 2 fully saturated rings. The van der Waals surface area contributed by atoms with Crippen molar-refractivity contribution in [1.29, 1.82) is 0 Å². The SMILES string of the molecule is CC[N+](CC)=C1S[C@H]2CS(=O)(=O)C[C@H]2S1.[Cl-]. The molecule has 2 atom stereocenters. The molecule has 0 bridgehead atoms. The molecule has 0 spiro atoms. The van der Waals surface area contributed by atoms with Gasteiger partial charge in [-0.2, -0.15) is 0 Å². The third-order valence-electron chi connectivity index (χ3n) is 2.78. The Morgan fingerprint density at radius 1 is 1.19 bits per heavy atom. The van der Waals surface area contributed by atoms with E-state index >= 15 is 0 Å². The highest BCUT2D eigenvalue weighted by molar-refractivity contribution is 8.42. The van der Waals surface area contributed by atoms with Gasteiger partial charge in [0.25, 0.3) is 4.38 Å². The first kappa shape index (κ1) is 14.7. The fourth-order valence-electron chi connectivity index (χ4n) is 1.92. The van der Waals surface area contributed by atoms with Crippen LogP contribution in [0.15, 0.2) is 0 Å². The molecule has 94 valence electrons. The number of halogens is 1. The molecule has 0 aromatic carbocycles. The summed E-state index contributed by atoms with van der Waals surface area (Å²) in [6.45, 7) is 6.31. The summed E-state index contributed by atoms with van der Waals surface area (Å²) >= 11 is 3.53. The van der Waals surface area contributed by atoms with E-state index in [1.807, 2.05) is 0 Å². The summed E-state index contributed by atoms with van der Waals surface area (Å²) in [5.74, 6) is 0.750. The van der Waals surface area contributed by atoms with Crippen LogP contribution in [0, 0.1) is 0 Å². The van der Waals surface area contributed by atoms with Crippen LogP contribution in [0.5, 0.6) is 0 Å². The van der Waals surface area contributed by atoms with Crippen LogP contribution in [0.3, 0.4) is 0 Å². The van der Waals surface area contributed by atoms with Crippen molar-refractivity contribution in [1.82, 2.24) is 0 Å². The summed E-state index contributed by atoms with van der Waals surface area (Å²) < 4.78 is 26.5. The zero-order chi connectivity index (χ0) is 11.1. The molecule has 0 aliphatic carbocycles. The Kier molecular flexibility index (Phi) is 5.04. The highest BCUT2D eigenvalue weighted by atomic mass is 35.5. The van der Waals surface area contributed by atoms with Crippen LogP contribution >= 0.6 is 23.5 Å². The zero-order valence-corrected chi connectivity index (χ0v) is 12.6. The van der Waals surface area contributed by atoms with Gasteiger partial charge in [0.1, 0.15) is 13.1 Å². The molecular formula is C9H16ClNO2S3. The van der Waals surface area contributed by atoms with E-state index in [-0.39, 0.29) is 12.4 Å². The highest BCUT2D eigenvalue weighted by Gasteiger charge is 2.47. The number of sulfone groups is 1. The Hall–Kier alpha value is 0.610. The van der Waals surface area contributed by atoms with Crippen molar-refractivity contribution in [3.63, 3.8) is 0 Å². The molecule has 2 saturated heterocycles. The van der Waals surface area contributed by atoms with Crippen LogP contribution in [-0.2, 0) is 9.84 Å². The standard InChI is InChI=1S/C9H16NO2S3.ClH/c1-3-10(4-2)9-13-7-5-15(11,12)6-8(7)14-9;/h7-8H,3-6H2,1-2H3;1H/q+1;/p-1/t7-,8+;. The Morgan fingerprint density at radius 2 is 1.62 bits per heavy atom. The Morgan fingerprint density at radius 3 is 2.00 bits per heavy atom. The van der Waals surface area contributed by atoms with Gasteiger partial charge in [-0.05, 0) is 37.4 Å². The molecule has 0 N–H and O–H groups in total. The van der Waals surface area contributed by atoms with Gasteiger partial charge < -0.3 is 12.4 Å². The summed E-state index contributed by atoms with van der Waals surface area (Å²) in [7, 11) is -2.74. The molecule has 0 aromatic rings. The normalized spacial score (nSPS) is 31.0. The minimum atomic E-state index is -2.74. The fraction of sp³-hybridized carbons (Fsp3) is 0.889. The summed E-state index contributed by atoms with van der Waals surface area (Å²) in [5, 5.41) is 0.603. The molecule has 2 aliphatic heterocycles. The number of fused-ring (bicyclic) bond motifs is 1. The fourth-order valence-corrected chi connectivity index (χ4v) is 8.68. The molecule has 0 saturated carbocycles. The van der Waals surface area contributed by atoms with Crippen molar-refractivity contribution in [2.24, 2.45) is 0 Å². The molecule has 2 heterocycles. The van der Waals surface area contributed by atoms with Crippen molar-refractivity contribution in [3.8, 4) is 0 Å². The number of thioether (sulfide) groups is 2. The maximum absolute atomic E-state index is 11.4. The van der Waals surface area contributed by atoms with E-state index in [0.717, 1.165) is 13.1 Å². The van der Waals surface area contributed by atoms with E-state index in [4.69, 9.17) is 0 Å². The summed E-state index contributed by atoms with van der Waals surface area (Å²) in [6, 6.07) is 0. The maximum Gasteiger partial charge on any atom is 0.270 e. The summed E-state index contributed by atoms with van der Waals surface area (Å²) in [5.41, 5.74) is 0. The quantitative estimate of drug-likeness (QED) is 0.556. The Balaban J connectivity index is 0.00000128. The van der Waals surface area contributed by atoms with Crippen molar-refractivity contribution >= 4 is 37.7 Å². The van der Waals surface area contributed by atoms with Crippen molar-refractivity contribution in [2.75, 3.05) is 24.6 Å². The van der Waals surface area contributed by atoms with Crippen LogP contribution in [0.2, 0.25) is 0 Å². The van der Waals surface area contributed by atoms with Crippen LogP contribution in [0.4, 0.5) is 0 Å². The first-order valence-corrected chi connectivity index (χ1v) is 8.79. The smallest absolute Gasteiger partial charge is 0.270 e. The van der Waals surface area contributed by atoms with Gasteiger partial charge in [-0.15, -0.1) is 0 Å². The average Bonchev–Trinajstić information content (AvgIpc) is 2.60. The van der Waals surface area contributed by atoms with Gasteiger partial charge in [-0.25, -0.2) is 13.0 Å². The predicted molar refractivity (Wildman–Crippen MR) is 67.8 cm³/mol. The lowest BCUT2D eigenvalue weighted by atomic mass is 10.4. The van der Waals surface area contributed by atoms with Crippen LogP contribution in [-0.4, -0.2) is 52.5 Å². The summed E-state index contributed by atoms with van der Waals surface area (Å²) in [6.07, 6.45) is 0. The molecule has 7 heteroatoms. The molecule has 16 heavy (non-hydrogen) atoms. The first-order chi connectivity index (χ1) is 7.05. The lowest BCUT2D eigenvalue weighted by molar-refractivity contribution is -0.515. The molecule has 0 amide bonds. The maximum atomic E-state index is 11.4. The zero-order valence-electron chi connectivity index (χ0n) is 9.35. The average molecular weight is 302 g/mol. The van der Waals surface area contributed by atoms with E-state index in [1.54, 1.807) is 23.5 Å². The number of hydrogen-bond acceptors (Lipinski definition) is 4. The largest absolute Gasteiger partial charge is 1.00 e. The number of hydrogen-bond donors (Lipinski definition) is 0. The van der Waals surface area contributed by atoms with Gasteiger partial charge in [0.2, 0.25) is 0 Å². The summed E-state index contributed by atoms with van der Waals surface area (Å²) in [4.78, 5) is 0. The second-order valence-corrected chi connectivity index (χ2v) is 8.70. The van der Waals surface area contributed by atoms with Crippen molar-refractivity contribution < 1.29 is 25.4 Å². The third-order valence-corrected chi connectivity index (χ3v) is 8.20. The lowest BCUT2D eigenvalue weighted by Crippen LogP contribution is -3.00. The molecule has 0 radical (unpaired) electrons. The van der Waals surface area contributed by atoms with Gasteiger partial charge in [0.05, 0.1) is 11.5 Å².